The van der Waals surface area contributed by atoms with Gasteiger partial charge in [0.15, 0.2) is 0 Å². The second-order valence-electron chi connectivity index (χ2n) is 6.24. The van der Waals surface area contributed by atoms with Crippen LogP contribution in [0, 0.1) is 0 Å². The van der Waals surface area contributed by atoms with Crippen molar-refractivity contribution in [2.75, 3.05) is 55.4 Å². The van der Waals surface area contributed by atoms with Crippen LogP contribution in [-0.2, 0) is 4.74 Å². The first-order valence-electron chi connectivity index (χ1n) is 8.84. The molecule has 7 nitrogen and oxygen atoms in total. The van der Waals surface area contributed by atoms with Crippen molar-refractivity contribution < 1.29 is 9.53 Å². The van der Waals surface area contributed by atoms with Gasteiger partial charge in [0.1, 0.15) is 5.82 Å². The van der Waals surface area contributed by atoms with Crippen molar-refractivity contribution in [2.45, 2.75) is 6.92 Å². The third-order valence-corrected chi connectivity index (χ3v) is 4.29. The van der Waals surface area contributed by atoms with Gasteiger partial charge in [-0.05, 0) is 50.4 Å². The summed E-state index contributed by atoms with van der Waals surface area (Å²) >= 11 is 0. The van der Waals surface area contributed by atoms with Gasteiger partial charge in [-0.1, -0.05) is 0 Å². The number of nitrogens with zero attached hydrogens (tertiary/aromatic N) is 3. The minimum atomic E-state index is -0.477. The zero-order valence-corrected chi connectivity index (χ0v) is 15.2. The Bertz CT molecular complexity index is 710. The van der Waals surface area contributed by atoms with E-state index < -0.39 is 6.09 Å². The molecule has 1 aromatic heterocycles. The van der Waals surface area contributed by atoms with Gasteiger partial charge in [-0.2, -0.15) is 0 Å². The van der Waals surface area contributed by atoms with E-state index in [-0.39, 0.29) is 0 Å². The molecule has 26 heavy (non-hydrogen) atoms. The molecule has 3 rings (SSSR count). The molecular formula is C19H25N5O2. The predicted octanol–water partition coefficient (Wildman–Crippen LogP) is 3.15. The zero-order chi connectivity index (χ0) is 18.4. The number of benzene rings is 1. The summed E-state index contributed by atoms with van der Waals surface area (Å²) in [6.45, 7) is 6.40. The number of hydrogen-bond acceptors (Lipinski definition) is 6. The monoisotopic (exact) mass is 355 g/mol. The minimum absolute atomic E-state index is 0.336. The van der Waals surface area contributed by atoms with Gasteiger partial charge >= 0.3 is 6.09 Å². The SMILES string of the molecule is CCOC(=O)Nc1ccc(Nc2ccc(N3CCN(C)CC3)cc2)nc1. The van der Waals surface area contributed by atoms with Gasteiger partial charge in [-0.25, -0.2) is 9.78 Å². The van der Waals surface area contributed by atoms with Crippen LogP contribution in [0.4, 0.5) is 27.7 Å². The standard InChI is InChI=1S/C19H25N5O2/c1-3-26-19(25)22-16-6-9-18(20-14-16)21-15-4-7-17(8-5-15)24-12-10-23(2)11-13-24/h4-9,14H,3,10-13H2,1-2H3,(H,20,21)(H,22,25). The molecule has 1 saturated heterocycles. The molecule has 1 amide bonds. The van der Waals surface area contributed by atoms with Crippen LogP contribution < -0.4 is 15.5 Å². The van der Waals surface area contributed by atoms with Crippen molar-refractivity contribution in [3.8, 4) is 0 Å². The van der Waals surface area contributed by atoms with E-state index in [9.17, 15) is 4.79 Å². The summed E-state index contributed by atoms with van der Waals surface area (Å²) in [6.07, 6.45) is 1.12. The van der Waals surface area contributed by atoms with Crippen LogP contribution in [-0.4, -0.2) is 55.8 Å². The summed E-state index contributed by atoms with van der Waals surface area (Å²) in [6, 6.07) is 12.0. The third kappa shape index (κ3) is 4.86. The summed E-state index contributed by atoms with van der Waals surface area (Å²) in [5, 5.41) is 5.89. The summed E-state index contributed by atoms with van der Waals surface area (Å²) in [5.41, 5.74) is 2.81. The quantitative estimate of drug-likeness (QED) is 0.859. The number of anilines is 4. The molecule has 0 radical (unpaired) electrons. The molecule has 7 heteroatoms. The van der Waals surface area contributed by atoms with Gasteiger partial charge in [0, 0.05) is 37.6 Å². The van der Waals surface area contributed by atoms with Crippen molar-refractivity contribution in [1.82, 2.24) is 9.88 Å². The van der Waals surface area contributed by atoms with Crippen LogP contribution in [0.2, 0.25) is 0 Å². The number of likely N-dealkylation sites (N-methyl/N-ethyl adjacent to an activating group) is 1. The zero-order valence-electron chi connectivity index (χ0n) is 15.2. The predicted molar refractivity (Wildman–Crippen MR) is 104 cm³/mol. The molecule has 0 saturated carbocycles. The average molecular weight is 355 g/mol. The Morgan fingerprint density at radius 1 is 1.08 bits per heavy atom. The van der Waals surface area contributed by atoms with E-state index in [0.29, 0.717) is 18.1 Å². The largest absolute Gasteiger partial charge is 0.450 e. The van der Waals surface area contributed by atoms with E-state index in [1.165, 1.54) is 5.69 Å². The first kappa shape index (κ1) is 18.0. The molecule has 0 bridgehead atoms. The average Bonchev–Trinajstić information content (AvgIpc) is 2.65. The minimum Gasteiger partial charge on any atom is -0.450 e. The molecule has 1 aliphatic rings. The second kappa shape index (κ2) is 8.53. The first-order valence-corrected chi connectivity index (χ1v) is 8.84. The van der Waals surface area contributed by atoms with Gasteiger partial charge in [-0.15, -0.1) is 0 Å². The van der Waals surface area contributed by atoms with Crippen LogP contribution in [0.15, 0.2) is 42.6 Å². The lowest BCUT2D eigenvalue weighted by atomic mass is 10.2. The molecular weight excluding hydrogens is 330 g/mol. The molecule has 1 fully saturated rings. The number of amides is 1. The Labute approximate surface area is 154 Å². The fraction of sp³-hybridized carbons (Fsp3) is 0.368. The molecule has 0 atom stereocenters. The highest BCUT2D eigenvalue weighted by Gasteiger charge is 2.13. The van der Waals surface area contributed by atoms with Crippen LogP contribution in [0.5, 0.6) is 0 Å². The summed E-state index contributed by atoms with van der Waals surface area (Å²) < 4.78 is 4.84. The van der Waals surface area contributed by atoms with Crippen molar-refractivity contribution in [2.24, 2.45) is 0 Å². The number of rotatable bonds is 5. The normalized spacial score (nSPS) is 14.8. The van der Waals surface area contributed by atoms with Crippen molar-refractivity contribution in [3.05, 3.63) is 42.6 Å². The first-order chi connectivity index (χ1) is 12.6. The second-order valence-corrected chi connectivity index (χ2v) is 6.24. The van der Waals surface area contributed by atoms with Gasteiger partial charge < -0.3 is 19.9 Å². The lowest BCUT2D eigenvalue weighted by molar-refractivity contribution is 0.168. The lowest BCUT2D eigenvalue weighted by Crippen LogP contribution is -2.44. The molecule has 2 heterocycles. The van der Waals surface area contributed by atoms with E-state index >= 15 is 0 Å². The topological polar surface area (TPSA) is 69.7 Å². The molecule has 1 aromatic carbocycles. The van der Waals surface area contributed by atoms with Crippen LogP contribution >= 0.6 is 0 Å². The maximum Gasteiger partial charge on any atom is 0.411 e. The summed E-state index contributed by atoms with van der Waals surface area (Å²) in [4.78, 5) is 20.4. The summed E-state index contributed by atoms with van der Waals surface area (Å²) in [5.74, 6) is 0.715. The van der Waals surface area contributed by atoms with E-state index in [2.05, 4.69) is 56.7 Å². The number of piperazine rings is 1. The van der Waals surface area contributed by atoms with E-state index in [1.807, 2.05) is 6.07 Å². The Morgan fingerprint density at radius 3 is 2.38 bits per heavy atom. The third-order valence-electron chi connectivity index (χ3n) is 4.29. The van der Waals surface area contributed by atoms with Gasteiger partial charge in [0.05, 0.1) is 18.5 Å². The van der Waals surface area contributed by atoms with Crippen LogP contribution in [0.1, 0.15) is 6.92 Å². The number of nitrogens with one attached hydrogen (secondary N) is 2. The van der Waals surface area contributed by atoms with E-state index in [0.717, 1.165) is 31.9 Å². The Balaban J connectivity index is 1.56. The molecule has 0 aliphatic carbocycles. The highest BCUT2D eigenvalue weighted by atomic mass is 16.5. The number of hydrogen-bond donors (Lipinski definition) is 2. The highest BCUT2D eigenvalue weighted by molar-refractivity contribution is 5.84. The van der Waals surface area contributed by atoms with Crippen molar-refractivity contribution in [1.29, 1.82) is 0 Å². The molecule has 1 aliphatic heterocycles. The number of ether oxygens (including phenoxy) is 1. The van der Waals surface area contributed by atoms with Crippen molar-refractivity contribution in [3.63, 3.8) is 0 Å². The Hall–Kier alpha value is -2.80. The lowest BCUT2D eigenvalue weighted by Gasteiger charge is -2.34. The maximum absolute atomic E-state index is 11.4. The molecule has 2 N–H and O–H groups in total. The summed E-state index contributed by atoms with van der Waals surface area (Å²) in [7, 11) is 2.16. The number of carbonyl (C=O) groups excluding carboxylic acids is 1. The molecule has 138 valence electrons. The van der Waals surface area contributed by atoms with Gasteiger partial charge in [0.25, 0.3) is 0 Å². The number of aromatic nitrogens is 1. The molecule has 0 spiro atoms. The van der Waals surface area contributed by atoms with Crippen LogP contribution in [0.25, 0.3) is 0 Å². The smallest absolute Gasteiger partial charge is 0.411 e. The highest BCUT2D eigenvalue weighted by Crippen LogP contribution is 2.22. The van der Waals surface area contributed by atoms with E-state index in [1.54, 1.807) is 19.2 Å². The van der Waals surface area contributed by atoms with Crippen molar-refractivity contribution >= 4 is 29.0 Å². The Kier molecular flexibility index (Phi) is 5.91. The van der Waals surface area contributed by atoms with Gasteiger partial charge in [0.2, 0.25) is 0 Å². The maximum atomic E-state index is 11.4. The fourth-order valence-electron chi connectivity index (χ4n) is 2.79. The van der Waals surface area contributed by atoms with E-state index in [4.69, 9.17) is 4.74 Å². The number of carbonyl (C=O) groups is 1. The van der Waals surface area contributed by atoms with Crippen LogP contribution in [0.3, 0.4) is 0 Å². The Morgan fingerprint density at radius 2 is 1.77 bits per heavy atom. The molecule has 2 aromatic rings. The molecule has 0 unspecified atom stereocenters. The number of pyridine rings is 1. The fourth-order valence-corrected chi connectivity index (χ4v) is 2.79. The van der Waals surface area contributed by atoms with Gasteiger partial charge in [-0.3, -0.25) is 5.32 Å².